The summed E-state index contributed by atoms with van der Waals surface area (Å²) in [5.41, 5.74) is 4.51. The molecule has 0 unspecified atom stereocenters. The number of hydrogen-bond acceptors (Lipinski definition) is 1. The SMILES string of the molecule is CC[N+](C)(C)[N-]CCCNC. The summed E-state index contributed by atoms with van der Waals surface area (Å²) < 4.78 is 0.781. The smallest absolute Gasteiger partial charge is 0.0665 e. The number of hydrogen-bond donors (Lipinski definition) is 1. The van der Waals surface area contributed by atoms with Crippen LogP contribution in [0, 0.1) is 0 Å². The molecule has 0 saturated heterocycles. The second-order valence-corrected chi connectivity index (χ2v) is 3.26. The number of rotatable bonds is 6. The van der Waals surface area contributed by atoms with E-state index in [1.807, 2.05) is 7.05 Å². The van der Waals surface area contributed by atoms with E-state index in [1.165, 1.54) is 0 Å². The minimum absolute atomic E-state index is 0.781. The highest BCUT2D eigenvalue weighted by Gasteiger charge is 1.97. The van der Waals surface area contributed by atoms with Gasteiger partial charge in [0.25, 0.3) is 0 Å². The Morgan fingerprint density at radius 1 is 1.36 bits per heavy atom. The zero-order valence-corrected chi connectivity index (χ0v) is 8.22. The van der Waals surface area contributed by atoms with Crippen LogP contribution >= 0.6 is 0 Å². The molecule has 0 fully saturated rings. The molecule has 0 aromatic heterocycles. The standard InChI is InChI=1S/C8H21N3/c1-5-11(3,4)10-8-6-7-9-2/h9H,5-8H2,1-4H3. The van der Waals surface area contributed by atoms with Crippen molar-refractivity contribution >= 4 is 0 Å². The summed E-state index contributed by atoms with van der Waals surface area (Å²) in [5.74, 6) is 0. The van der Waals surface area contributed by atoms with Crippen LogP contribution in [-0.4, -0.2) is 45.4 Å². The highest BCUT2D eigenvalue weighted by Crippen LogP contribution is 2.05. The van der Waals surface area contributed by atoms with Gasteiger partial charge in [-0.1, -0.05) is 6.42 Å². The second kappa shape index (κ2) is 5.52. The molecule has 0 heterocycles. The van der Waals surface area contributed by atoms with Gasteiger partial charge in [-0.2, -0.15) is 0 Å². The third-order valence-corrected chi connectivity index (χ3v) is 1.84. The summed E-state index contributed by atoms with van der Waals surface area (Å²) in [4.78, 5) is 0. The maximum atomic E-state index is 4.51. The van der Waals surface area contributed by atoms with Crippen LogP contribution in [0.1, 0.15) is 13.3 Å². The van der Waals surface area contributed by atoms with Crippen molar-refractivity contribution in [2.75, 3.05) is 40.8 Å². The molecule has 11 heavy (non-hydrogen) atoms. The maximum Gasteiger partial charge on any atom is 0.0665 e. The van der Waals surface area contributed by atoms with Crippen LogP contribution in [0.3, 0.4) is 0 Å². The molecule has 0 radical (unpaired) electrons. The van der Waals surface area contributed by atoms with Gasteiger partial charge in [0.05, 0.1) is 20.6 Å². The van der Waals surface area contributed by atoms with Crippen molar-refractivity contribution in [1.82, 2.24) is 5.32 Å². The molecule has 0 bridgehead atoms. The average Bonchev–Trinajstić information content (AvgIpc) is 1.99. The Hall–Kier alpha value is -0.120. The van der Waals surface area contributed by atoms with Gasteiger partial charge >= 0.3 is 0 Å². The lowest BCUT2D eigenvalue weighted by molar-refractivity contribution is -0.852. The van der Waals surface area contributed by atoms with E-state index in [2.05, 4.69) is 31.8 Å². The minimum Gasteiger partial charge on any atom is -0.453 e. The molecule has 0 aromatic rings. The molecule has 0 aromatic carbocycles. The first-order valence-electron chi connectivity index (χ1n) is 4.29. The fraction of sp³-hybridized carbons (Fsp3) is 1.00. The first kappa shape index (κ1) is 10.9. The van der Waals surface area contributed by atoms with Crippen LogP contribution in [0.4, 0.5) is 0 Å². The molecule has 0 aliphatic rings. The predicted octanol–water partition coefficient (Wildman–Crippen LogP) is 0.981. The lowest BCUT2D eigenvalue weighted by Crippen LogP contribution is -2.35. The lowest BCUT2D eigenvalue weighted by Gasteiger charge is -2.41. The van der Waals surface area contributed by atoms with Crippen molar-refractivity contribution < 1.29 is 4.59 Å². The highest BCUT2D eigenvalue weighted by molar-refractivity contribution is 4.63. The molecule has 3 heteroatoms. The highest BCUT2D eigenvalue weighted by atomic mass is 15.6. The summed E-state index contributed by atoms with van der Waals surface area (Å²) in [6.07, 6.45) is 1.14. The Labute approximate surface area is 70.3 Å². The van der Waals surface area contributed by atoms with Crippen LogP contribution in [0.15, 0.2) is 0 Å². The van der Waals surface area contributed by atoms with Crippen LogP contribution in [0.25, 0.3) is 5.43 Å². The Morgan fingerprint density at radius 2 is 2.00 bits per heavy atom. The zero-order valence-electron chi connectivity index (χ0n) is 8.22. The number of quaternary nitrogens is 1. The van der Waals surface area contributed by atoms with E-state index in [1.54, 1.807) is 0 Å². The van der Waals surface area contributed by atoms with Crippen molar-refractivity contribution in [1.29, 1.82) is 0 Å². The van der Waals surface area contributed by atoms with E-state index >= 15 is 0 Å². The number of nitrogens with zero attached hydrogens (tertiary/aromatic N) is 2. The van der Waals surface area contributed by atoms with E-state index in [9.17, 15) is 0 Å². The Morgan fingerprint density at radius 3 is 2.45 bits per heavy atom. The van der Waals surface area contributed by atoms with E-state index in [0.717, 1.165) is 30.6 Å². The van der Waals surface area contributed by atoms with Gasteiger partial charge in [0, 0.05) is 0 Å². The van der Waals surface area contributed by atoms with Gasteiger partial charge < -0.3 is 15.3 Å². The molecule has 1 N–H and O–H groups in total. The summed E-state index contributed by atoms with van der Waals surface area (Å²) in [6.45, 7) is 5.25. The van der Waals surface area contributed by atoms with Gasteiger partial charge in [-0.25, -0.2) is 0 Å². The van der Waals surface area contributed by atoms with Crippen LogP contribution in [-0.2, 0) is 0 Å². The molecule has 0 saturated carbocycles. The molecule has 0 spiro atoms. The summed E-state index contributed by atoms with van der Waals surface area (Å²) in [7, 11) is 6.22. The second-order valence-electron chi connectivity index (χ2n) is 3.26. The minimum atomic E-state index is 0.781. The fourth-order valence-corrected chi connectivity index (χ4v) is 0.697. The normalized spacial score (nSPS) is 12.0. The average molecular weight is 159 g/mol. The molecular formula is C8H21N3. The molecule has 0 rings (SSSR count). The summed E-state index contributed by atoms with van der Waals surface area (Å²) >= 11 is 0. The predicted molar refractivity (Wildman–Crippen MR) is 49.4 cm³/mol. The lowest BCUT2D eigenvalue weighted by atomic mass is 10.4. The number of nitrogens with one attached hydrogen (secondary N) is 1. The Bertz CT molecular complexity index is 91.3. The largest absolute Gasteiger partial charge is 0.453 e. The van der Waals surface area contributed by atoms with Crippen molar-refractivity contribution in [2.45, 2.75) is 13.3 Å². The summed E-state index contributed by atoms with van der Waals surface area (Å²) in [5, 5.41) is 3.11. The third kappa shape index (κ3) is 6.28. The van der Waals surface area contributed by atoms with E-state index in [0.29, 0.717) is 0 Å². The molecular weight excluding hydrogens is 138 g/mol. The van der Waals surface area contributed by atoms with Gasteiger partial charge in [0.1, 0.15) is 0 Å². The molecule has 0 amide bonds. The van der Waals surface area contributed by atoms with E-state index in [-0.39, 0.29) is 0 Å². The van der Waals surface area contributed by atoms with Crippen molar-refractivity contribution in [2.24, 2.45) is 0 Å². The van der Waals surface area contributed by atoms with Gasteiger partial charge in [-0.15, -0.1) is 6.54 Å². The monoisotopic (exact) mass is 159 g/mol. The quantitative estimate of drug-likeness (QED) is 0.349. The Balaban J connectivity index is 3.23. The van der Waals surface area contributed by atoms with Crippen LogP contribution < -0.4 is 5.32 Å². The van der Waals surface area contributed by atoms with Gasteiger partial charge in [0.2, 0.25) is 0 Å². The van der Waals surface area contributed by atoms with Gasteiger partial charge in [-0.05, 0) is 20.5 Å². The van der Waals surface area contributed by atoms with Crippen LogP contribution in [0.5, 0.6) is 0 Å². The maximum absolute atomic E-state index is 4.51. The Kier molecular flexibility index (Phi) is 5.46. The van der Waals surface area contributed by atoms with Crippen LogP contribution in [0.2, 0.25) is 0 Å². The summed E-state index contributed by atoms with van der Waals surface area (Å²) in [6, 6.07) is 0. The van der Waals surface area contributed by atoms with Gasteiger partial charge in [0.15, 0.2) is 0 Å². The van der Waals surface area contributed by atoms with E-state index < -0.39 is 0 Å². The zero-order chi connectivity index (χ0) is 8.74. The first-order chi connectivity index (χ1) is 5.12. The van der Waals surface area contributed by atoms with Crippen molar-refractivity contribution in [3.8, 4) is 0 Å². The third-order valence-electron chi connectivity index (χ3n) is 1.84. The van der Waals surface area contributed by atoms with Gasteiger partial charge in [-0.3, -0.25) is 0 Å². The first-order valence-corrected chi connectivity index (χ1v) is 4.29. The molecule has 0 aliphatic heterocycles. The molecule has 68 valence electrons. The molecule has 3 nitrogen and oxygen atoms in total. The molecule has 0 aliphatic carbocycles. The molecule has 0 atom stereocenters. The van der Waals surface area contributed by atoms with Crippen molar-refractivity contribution in [3.05, 3.63) is 5.43 Å². The topological polar surface area (TPSA) is 26.1 Å². The van der Waals surface area contributed by atoms with Crippen molar-refractivity contribution in [3.63, 3.8) is 0 Å². The van der Waals surface area contributed by atoms with E-state index in [4.69, 9.17) is 0 Å². The fourth-order valence-electron chi connectivity index (χ4n) is 0.697.